The average Bonchev–Trinajstić information content (AvgIpc) is 2.93. The first kappa shape index (κ1) is 16.0. The molecule has 1 aromatic rings. The molecular formula is C16H24N4O3. The molecule has 2 fully saturated rings. The summed E-state index contributed by atoms with van der Waals surface area (Å²) < 4.78 is 1.82. The van der Waals surface area contributed by atoms with Crippen LogP contribution in [0.4, 0.5) is 0 Å². The van der Waals surface area contributed by atoms with E-state index in [4.69, 9.17) is 0 Å². The van der Waals surface area contributed by atoms with Crippen molar-refractivity contribution in [1.82, 2.24) is 19.6 Å². The van der Waals surface area contributed by atoms with E-state index < -0.39 is 17.4 Å². The summed E-state index contributed by atoms with van der Waals surface area (Å²) in [5.41, 5.74) is 1.72. The Morgan fingerprint density at radius 1 is 1.39 bits per heavy atom. The molecule has 23 heavy (non-hydrogen) atoms. The van der Waals surface area contributed by atoms with Gasteiger partial charge in [0.05, 0.1) is 17.2 Å². The van der Waals surface area contributed by atoms with E-state index in [9.17, 15) is 14.7 Å². The number of aryl methyl sites for hydroxylation is 2. The van der Waals surface area contributed by atoms with Crippen LogP contribution in [0.25, 0.3) is 0 Å². The summed E-state index contributed by atoms with van der Waals surface area (Å²) in [7, 11) is 3.67. The number of likely N-dealkylation sites (tertiary alicyclic amines) is 2. The molecule has 1 amide bonds. The molecule has 0 aliphatic carbocycles. The molecule has 1 N–H and O–H groups in total. The maximum Gasteiger partial charge on any atom is 0.309 e. The molecule has 3 heterocycles. The zero-order chi connectivity index (χ0) is 16.8. The van der Waals surface area contributed by atoms with Crippen LogP contribution in [0.3, 0.4) is 0 Å². The number of aromatic nitrogens is 2. The molecule has 0 bridgehead atoms. The molecule has 2 saturated heterocycles. The van der Waals surface area contributed by atoms with Gasteiger partial charge in [0.2, 0.25) is 5.91 Å². The topological polar surface area (TPSA) is 78.7 Å². The van der Waals surface area contributed by atoms with Crippen molar-refractivity contribution in [3.63, 3.8) is 0 Å². The van der Waals surface area contributed by atoms with E-state index in [1.165, 1.54) is 5.56 Å². The molecule has 7 nitrogen and oxygen atoms in total. The Kier molecular flexibility index (Phi) is 3.91. The van der Waals surface area contributed by atoms with Crippen molar-refractivity contribution < 1.29 is 14.7 Å². The Morgan fingerprint density at radius 3 is 2.57 bits per heavy atom. The van der Waals surface area contributed by atoms with E-state index >= 15 is 0 Å². The van der Waals surface area contributed by atoms with Gasteiger partial charge in [0.15, 0.2) is 0 Å². The standard InChI is InChI=1S/C16H24N4O3/c1-11-12(9-18(2)17-11)10-20-6-4-16(5-7-20)13(15(22)23)8-14(21)19(16)3/h9,13H,4-8,10H2,1-3H3,(H,22,23). The highest BCUT2D eigenvalue weighted by Crippen LogP contribution is 2.43. The second-order valence-electron chi connectivity index (χ2n) is 6.84. The number of nitrogens with zero attached hydrogens (tertiary/aromatic N) is 4. The molecule has 7 heteroatoms. The van der Waals surface area contributed by atoms with E-state index in [1.807, 2.05) is 24.9 Å². The SMILES string of the molecule is Cc1nn(C)cc1CN1CCC2(CC1)C(C(=O)O)CC(=O)N2C. The van der Waals surface area contributed by atoms with Gasteiger partial charge in [0, 0.05) is 51.9 Å². The predicted molar refractivity (Wildman–Crippen MR) is 83.7 cm³/mol. The highest BCUT2D eigenvalue weighted by molar-refractivity contribution is 5.88. The van der Waals surface area contributed by atoms with E-state index in [-0.39, 0.29) is 12.3 Å². The van der Waals surface area contributed by atoms with Gasteiger partial charge in [-0.1, -0.05) is 0 Å². The molecule has 0 radical (unpaired) electrons. The Balaban J connectivity index is 1.71. The van der Waals surface area contributed by atoms with Crippen molar-refractivity contribution in [2.24, 2.45) is 13.0 Å². The lowest BCUT2D eigenvalue weighted by Gasteiger charge is -2.45. The first-order valence-corrected chi connectivity index (χ1v) is 8.04. The van der Waals surface area contributed by atoms with Crippen LogP contribution in [0.15, 0.2) is 6.20 Å². The monoisotopic (exact) mass is 320 g/mol. The maximum atomic E-state index is 12.0. The van der Waals surface area contributed by atoms with Crippen LogP contribution in [0.1, 0.15) is 30.5 Å². The van der Waals surface area contributed by atoms with Crippen LogP contribution in [0.2, 0.25) is 0 Å². The van der Waals surface area contributed by atoms with Gasteiger partial charge in [-0.3, -0.25) is 19.2 Å². The molecule has 1 unspecified atom stereocenters. The summed E-state index contributed by atoms with van der Waals surface area (Å²) in [6, 6.07) is 0. The van der Waals surface area contributed by atoms with Gasteiger partial charge in [-0.05, 0) is 19.8 Å². The van der Waals surface area contributed by atoms with Crippen LogP contribution in [0.5, 0.6) is 0 Å². The highest BCUT2D eigenvalue weighted by atomic mass is 16.4. The minimum atomic E-state index is -0.848. The lowest BCUT2D eigenvalue weighted by Crippen LogP contribution is -2.55. The number of carbonyl (C=O) groups excluding carboxylic acids is 1. The van der Waals surface area contributed by atoms with Gasteiger partial charge in [-0.15, -0.1) is 0 Å². The molecule has 1 aromatic heterocycles. The molecule has 2 aliphatic heterocycles. The van der Waals surface area contributed by atoms with Gasteiger partial charge in [-0.25, -0.2) is 0 Å². The first-order chi connectivity index (χ1) is 10.8. The van der Waals surface area contributed by atoms with Crippen LogP contribution in [0, 0.1) is 12.8 Å². The van der Waals surface area contributed by atoms with Crippen LogP contribution in [-0.2, 0) is 23.2 Å². The van der Waals surface area contributed by atoms with Crippen LogP contribution in [-0.4, -0.2) is 62.2 Å². The second kappa shape index (κ2) is 5.63. The van der Waals surface area contributed by atoms with Crippen molar-refractivity contribution in [2.45, 2.75) is 38.3 Å². The van der Waals surface area contributed by atoms with Gasteiger partial charge >= 0.3 is 5.97 Å². The summed E-state index contributed by atoms with van der Waals surface area (Å²) in [5.74, 6) is -1.48. The number of carboxylic acid groups (broad SMARTS) is 1. The van der Waals surface area contributed by atoms with Gasteiger partial charge in [0.1, 0.15) is 0 Å². The fourth-order valence-electron chi connectivity index (χ4n) is 4.13. The zero-order valence-electron chi connectivity index (χ0n) is 13.9. The summed E-state index contributed by atoms with van der Waals surface area (Å²) >= 11 is 0. The number of aliphatic carboxylic acids is 1. The normalized spacial score (nSPS) is 24.6. The van der Waals surface area contributed by atoms with Crippen molar-refractivity contribution in [2.75, 3.05) is 20.1 Å². The van der Waals surface area contributed by atoms with Gasteiger partial charge < -0.3 is 10.0 Å². The molecule has 3 rings (SSSR count). The molecule has 0 aromatic carbocycles. The Hall–Kier alpha value is -1.89. The zero-order valence-corrected chi connectivity index (χ0v) is 13.9. The minimum absolute atomic E-state index is 0.0473. The Morgan fingerprint density at radius 2 is 2.04 bits per heavy atom. The fraction of sp³-hybridized carbons (Fsp3) is 0.688. The molecule has 126 valence electrons. The van der Waals surface area contributed by atoms with E-state index in [0.29, 0.717) is 12.8 Å². The Labute approximate surface area is 135 Å². The third kappa shape index (κ3) is 2.63. The molecule has 0 saturated carbocycles. The second-order valence-corrected chi connectivity index (χ2v) is 6.84. The fourth-order valence-corrected chi connectivity index (χ4v) is 4.13. The predicted octanol–water partition coefficient (Wildman–Crippen LogP) is 0.626. The summed E-state index contributed by atoms with van der Waals surface area (Å²) in [5, 5.41) is 13.9. The van der Waals surface area contributed by atoms with Crippen LogP contribution < -0.4 is 0 Å². The average molecular weight is 320 g/mol. The molecule has 1 spiro atoms. The first-order valence-electron chi connectivity index (χ1n) is 8.04. The van der Waals surface area contributed by atoms with Crippen molar-refractivity contribution >= 4 is 11.9 Å². The smallest absolute Gasteiger partial charge is 0.309 e. The number of rotatable bonds is 3. The van der Waals surface area contributed by atoms with Crippen molar-refractivity contribution in [3.8, 4) is 0 Å². The lowest BCUT2D eigenvalue weighted by molar-refractivity contribution is -0.146. The summed E-state index contributed by atoms with van der Waals surface area (Å²) in [6.45, 7) is 4.43. The number of piperidine rings is 1. The molecular weight excluding hydrogens is 296 g/mol. The van der Waals surface area contributed by atoms with E-state index in [1.54, 1.807) is 11.9 Å². The van der Waals surface area contributed by atoms with Gasteiger partial charge in [0.25, 0.3) is 0 Å². The van der Waals surface area contributed by atoms with Crippen molar-refractivity contribution in [3.05, 3.63) is 17.5 Å². The van der Waals surface area contributed by atoms with Crippen LogP contribution >= 0.6 is 0 Å². The van der Waals surface area contributed by atoms with Gasteiger partial charge in [-0.2, -0.15) is 5.10 Å². The van der Waals surface area contributed by atoms with E-state index in [0.717, 1.165) is 25.3 Å². The number of carboxylic acids is 1. The number of carbonyl (C=O) groups is 2. The third-order valence-corrected chi connectivity index (χ3v) is 5.60. The largest absolute Gasteiger partial charge is 0.481 e. The summed E-state index contributed by atoms with van der Waals surface area (Å²) in [6.07, 6.45) is 3.59. The minimum Gasteiger partial charge on any atom is -0.481 e. The summed E-state index contributed by atoms with van der Waals surface area (Å²) in [4.78, 5) is 27.6. The quantitative estimate of drug-likeness (QED) is 0.883. The number of hydrogen-bond acceptors (Lipinski definition) is 4. The van der Waals surface area contributed by atoms with Crippen molar-refractivity contribution in [1.29, 1.82) is 0 Å². The number of hydrogen-bond donors (Lipinski definition) is 1. The Bertz CT molecular complexity index is 631. The molecule has 1 atom stereocenters. The lowest BCUT2D eigenvalue weighted by atomic mass is 9.77. The third-order valence-electron chi connectivity index (χ3n) is 5.60. The molecule has 2 aliphatic rings. The highest BCUT2D eigenvalue weighted by Gasteiger charge is 2.55. The maximum absolute atomic E-state index is 12.0. The van der Waals surface area contributed by atoms with E-state index in [2.05, 4.69) is 10.00 Å². The number of amides is 1.